The molecule has 2 N–H and O–H groups in total. The van der Waals surface area contributed by atoms with Crippen molar-refractivity contribution in [3.05, 3.63) is 53.5 Å². The summed E-state index contributed by atoms with van der Waals surface area (Å²) in [5, 5.41) is 5.56. The van der Waals surface area contributed by atoms with E-state index in [1.165, 1.54) is 0 Å². The van der Waals surface area contributed by atoms with Gasteiger partial charge in [0.1, 0.15) is 5.76 Å². The quantitative estimate of drug-likeness (QED) is 0.887. The first kappa shape index (κ1) is 12.5. The first-order chi connectivity index (χ1) is 9.70. The molecule has 0 saturated carbocycles. The van der Waals surface area contributed by atoms with Crippen LogP contribution in [0.1, 0.15) is 16.9 Å². The highest BCUT2D eigenvalue weighted by Crippen LogP contribution is 2.23. The van der Waals surface area contributed by atoms with E-state index in [1.807, 2.05) is 24.3 Å². The van der Waals surface area contributed by atoms with E-state index in [2.05, 4.69) is 10.6 Å². The van der Waals surface area contributed by atoms with Crippen LogP contribution in [0.15, 0.2) is 41.0 Å². The van der Waals surface area contributed by atoms with Crippen molar-refractivity contribution in [1.29, 1.82) is 0 Å². The summed E-state index contributed by atoms with van der Waals surface area (Å²) in [6.45, 7) is 0.386. The highest BCUT2D eigenvalue weighted by Gasteiger charge is 2.17. The summed E-state index contributed by atoms with van der Waals surface area (Å²) in [6, 6.07) is 9.20. The first-order valence-electron chi connectivity index (χ1n) is 6.41. The maximum atomic E-state index is 11.8. The van der Waals surface area contributed by atoms with Crippen molar-refractivity contribution in [1.82, 2.24) is 5.32 Å². The Morgan fingerprint density at radius 3 is 3.05 bits per heavy atom. The van der Waals surface area contributed by atoms with E-state index >= 15 is 0 Å². The smallest absolute Gasteiger partial charge is 0.228 e. The summed E-state index contributed by atoms with van der Waals surface area (Å²) >= 11 is 0. The molecule has 1 aromatic heterocycles. The molecule has 0 fully saturated rings. The zero-order valence-electron chi connectivity index (χ0n) is 10.8. The third kappa shape index (κ3) is 2.71. The lowest BCUT2D eigenvalue weighted by atomic mass is 10.1. The predicted octanol–water partition coefficient (Wildman–Crippen LogP) is 1.63. The van der Waals surface area contributed by atoms with Crippen LogP contribution in [0.25, 0.3) is 0 Å². The number of anilines is 1. The van der Waals surface area contributed by atoms with Crippen molar-refractivity contribution in [3.8, 4) is 0 Å². The first-order valence-corrected chi connectivity index (χ1v) is 6.41. The fraction of sp³-hybridized carbons (Fsp3) is 0.200. The lowest BCUT2D eigenvalue weighted by Gasteiger charge is -2.05. The Morgan fingerprint density at radius 2 is 2.25 bits per heavy atom. The number of fused-ring (bicyclic) bond motifs is 1. The Hall–Kier alpha value is -2.56. The van der Waals surface area contributed by atoms with E-state index in [9.17, 15) is 9.59 Å². The molecule has 0 spiro atoms. The number of nitrogens with one attached hydrogen (secondary N) is 2. The molecular formula is C15H14N2O3. The number of hydrogen-bond donors (Lipinski definition) is 2. The Labute approximate surface area is 116 Å². The van der Waals surface area contributed by atoms with Crippen LogP contribution in [0.4, 0.5) is 5.69 Å². The summed E-state index contributed by atoms with van der Waals surface area (Å²) in [4.78, 5) is 23.1. The lowest BCUT2D eigenvalue weighted by Crippen LogP contribution is -2.24. The van der Waals surface area contributed by atoms with Crippen LogP contribution in [0.3, 0.4) is 0 Å². The van der Waals surface area contributed by atoms with Crippen molar-refractivity contribution < 1.29 is 14.0 Å². The molecule has 102 valence electrons. The van der Waals surface area contributed by atoms with Crippen molar-refractivity contribution in [2.75, 3.05) is 5.32 Å². The van der Waals surface area contributed by atoms with Gasteiger partial charge in [0.2, 0.25) is 11.8 Å². The van der Waals surface area contributed by atoms with Crippen molar-refractivity contribution >= 4 is 17.5 Å². The third-order valence-corrected chi connectivity index (χ3v) is 3.20. The summed E-state index contributed by atoms with van der Waals surface area (Å²) < 4.78 is 5.15. The SMILES string of the molecule is O=C(Cc1ccc2c(c1)CC(=O)N2)NCc1ccco1. The van der Waals surface area contributed by atoms with Crippen LogP contribution in [-0.4, -0.2) is 11.8 Å². The minimum Gasteiger partial charge on any atom is -0.467 e. The van der Waals surface area contributed by atoms with Crippen molar-refractivity contribution in [2.45, 2.75) is 19.4 Å². The van der Waals surface area contributed by atoms with Crippen LogP contribution in [0.2, 0.25) is 0 Å². The van der Waals surface area contributed by atoms with Crippen LogP contribution in [0, 0.1) is 0 Å². The van der Waals surface area contributed by atoms with Gasteiger partial charge in [0.25, 0.3) is 0 Å². The van der Waals surface area contributed by atoms with E-state index < -0.39 is 0 Å². The summed E-state index contributed by atoms with van der Waals surface area (Å²) in [6.07, 6.45) is 2.26. The van der Waals surface area contributed by atoms with Gasteiger partial charge in [0.05, 0.1) is 25.6 Å². The van der Waals surface area contributed by atoms with Crippen LogP contribution in [0.5, 0.6) is 0 Å². The third-order valence-electron chi connectivity index (χ3n) is 3.20. The van der Waals surface area contributed by atoms with Gasteiger partial charge in [-0.3, -0.25) is 9.59 Å². The molecule has 3 rings (SSSR count). The molecule has 0 bridgehead atoms. The van der Waals surface area contributed by atoms with Crippen LogP contribution in [-0.2, 0) is 29.0 Å². The lowest BCUT2D eigenvalue weighted by molar-refractivity contribution is -0.120. The molecule has 2 amide bonds. The molecule has 2 aromatic rings. The molecule has 5 nitrogen and oxygen atoms in total. The van der Waals surface area contributed by atoms with E-state index in [1.54, 1.807) is 12.3 Å². The minimum atomic E-state index is -0.0707. The standard InChI is InChI=1S/C15H14N2O3/c18-14(16-9-12-2-1-5-20-12)7-10-3-4-13-11(6-10)8-15(19)17-13/h1-6H,7-9H2,(H,16,18)(H,17,19). The Morgan fingerprint density at radius 1 is 1.35 bits per heavy atom. The number of hydrogen-bond acceptors (Lipinski definition) is 3. The van der Waals surface area contributed by atoms with E-state index in [-0.39, 0.29) is 11.8 Å². The van der Waals surface area contributed by atoms with Gasteiger partial charge in [-0.2, -0.15) is 0 Å². The topological polar surface area (TPSA) is 71.3 Å². The zero-order valence-corrected chi connectivity index (χ0v) is 10.8. The number of furan rings is 1. The Bertz CT molecular complexity index is 647. The van der Waals surface area contributed by atoms with Crippen molar-refractivity contribution in [3.63, 3.8) is 0 Å². The van der Waals surface area contributed by atoms with Gasteiger partial charge >= 0.3 is 0 Å². The second-order valence-electron chi connectivity index (χ2n) is 4.75. The number of rotatable bonds is 4. The molecule has 20 heavy (non-hydrogen) atoms. The number of benzene rings is 1. The van der Waals surface area contributed by atoms with Gasteiger partial charge in [0.15, 0.2) is 0 Å². The molecule has 1 aliphatic heterocycles. The predicted molar refractivity (Wildman–Crippen MR) is 73.0 cm³/mol. The second kappa shape index (κ2) is 5.21. The van der Waals surface area contributed by atoms with Gasteiger partial charge in [-0.25, -0.2) is 0 Å². The van der Waals surface area contributed by atoms with E-state index in [0.717, 1.165) is 22.6 Å². The molecule has 0 unspecified atom stereocenters. The molecule has 0 aliphatic carbocycles. The van der Waals surface area contributed by atoms with Gasteiger partial charge in [0, 0.05) is 5.69 Å². The summed E-state index contributed by atoms with van der Waals surface area (Å²) in [5.41, 5.74) is 2.69. The largest absolute Gasteiger partial charge is 0.467 e. The fourth-order valence-electron chi connectivity index (χ4n) is 2.24. The van der Waals surface area contributed by atoms with Crippen LogP contribution < -0.4 is 10.6 Å². The van der Waals surface area contributed by atoms with Gasteiger partial charge in [-0.1, -0.05) is 12.1 Å². The fourth-order valence-corrected chi connectivity index (χ4v) is 2.24. The van der Waals surface area contributed by atoms with Gasteiger partial charge in [-0.15, -0.1) is 0 Å². The zero-order chi connectivity index (χ0) is 13.9. The molecule has 0 radical (unpaired) electrons. The van der Waals surface area contributed by atoms with E-state index in [4.69, 9.17) is 4.42 Å². The maximum absolute atomic E-state index is 11.8. The normalized spacial score (nSPS) is 12.9. The highest BCUT2D eigenvalue weighted by atomic mass is 16.3. The average molecular weight is 270 g/mol. The molecule has 2 heterocycles. The highest BCUT2D eigenvalue weighted by molar-refractivity contribution is 5.99. The van der Waals surface area contributed by atoms with E-state index in [0.29, 0.717) is 19.4 Å². The molecule has 1 aliphatic rings. The molecule has 0 saturated heterocycles. The number of amides is 2. The Balaban J connectivity index is 1.59. The minimum absolute atomic E-state index is 0.000536. The maximum Gasteiger partial charge on any atom is 0.228 e. The molecule has 1 aromatic carbocycles. The average Bonchev–Trinajstić information content (AvgIpc) is 3.04. The number of carbonyl (C=O) groups excluding carboxylic acids is 2. The van der Waals surface area contributed by atoms with Crippen LogP contribution >= 0.6 is 0 Å². The Kier molecular flexibility index (Phi) is 3.25. The monoisotopic (exact) mass is 270 g/mol. The van der Waals surface area contributed by atoms with Gasteiger partial charge in [-0.05, 0) is 29.3 Å². The molecular weight excluding hydrogens is 256 g/mol. The summed E-state index contributed by atoms with van der Waals surface area (Å²) in [7, 11) is 0. The molecule has 5 heteroatoms. The van der Waals surface area contributed by atoms with Crippen molar-refractivity contribution in [2.24, 2.45) is 0 Å². The number of carbonyl (C=O) groups is 2. The second-order valence-corrected chi connectivity index (χ2v) is 4.75. The summed E-state index contributed by atoms with van der Waals surface area (Å²) in [5.74, 6) is 0.653. The molecule has 0 atom stereocenters. The van der Waals surface area contributed by atoms with Gasteiger partial charge < -0.3 is 15.1 Å².